The molecule has 4 aliphatic carbocycles. The van der Waals surface area contributed by atoms with E-state index in [2.05, 4.69) is 6.92 Å². The normalized spacial score (nSPS) is 53.5. The van der Waals surface area contributed by atoms with Crippen molar-refractivity contribution in [3.8, 4) is 0 Å². The van der Waals surface area contributed by atoms with Gasteiger partial charge in [0.05, 0.1) is 0 Å². The number of ketones is 1. The van der Waals surface area contributed by atoms with Crippen LogP contribution in [-0.2, 0) is 4.79 Å². The van der Waals surface area contributed by atoms with Crippen LogP contribution in [0, 0.1) is 34.5 Å². The van der Waals surface area contributed by atoms with Crippen molar-refractivity contribution in [3.05, 3.63) is 0 Å². The van der Waals surface area contributed by atoms with E-state index in [9.17, 15) is 13.6 Å². The van der Waals surface area contributed by atoms with E-state index in [0.717, 1.165) is 18.8 Å². The van der Waals surface area contributed by atoms with Gasteiger partial charge in [-0.2, -0.15) is 8.78 Å². The quantitative estimate of drug-likeness (QED) is 0.598. The molecule has 6 atom stereocenters. The molecule has 0 bridgehead atoms. The van der Waals surface area contributed by atoms with E-state index >= 15 is 0 Å². The van der Waals surface area contributed by atoms with Crippen molar-refractivity contribution in [3.63, 3.8) is 0 Å². The molecular weight excluding hydrogens is 282 g/mol. The van der Waals surface area contributed by atoms with Crippen LogP contribution in [0.3, 0.4) is 0 Å². The van der Waals surface area contributed by atoms with Gasteiger partial charge in [-0.05, 0) is 67.6 Å². The van der Waals surface area contributed by atoms with E-state index in [1.54, 1.807) is 0 Å². The number of fused-ring (bicyclic) bond motifs is 5. The molecule has 4 fully saturated rings. The second kappa shape index (κ2) is 4.54. The fourth-order valence-electron chi connectivity index (χ4n) is 7.06. The van der Waals surface area contributed by atoms with Crippen LogP contribution in [-0.4, -0.2) is 11.7 Å². The van der Waals surface area contributed by atoms with Crippen molar-refractivity contribution in [2.45, 2.75) is 77.6 Å². The Morgan fingerprint density at radius 1 is 0.955 bits per heavy atom. The molecule has 1 nitrogen and oxygen atoms in total. The van der Waals surface area contributed by atoms with E-state index < -0.39 is 17.1 Å². The van der Waals surface area contributed by atoms with Crippen LogP contribution in [0.5, 0.6) is 0 Å². The molecule has 4 aliphatic rings. The molecule has 0 N–H and O–H groups in total. The van der Waals surface area contributed by atoms with Crippen LogP contribution < -0.4 is 0 Å². The molecule has 0 saturated heterocycles. The Kier molecular flexibility index (Phi) is 3.11. The lowest BCUT2D eigenvalue weighted by Gasteiger charge is -2.59. The summed E-state index contributed by atoms with van der Waals surface area (Å²) in [5, 5.41) is 0. The maximum absolute atomic E-state index is 14.1. The second-order valence-corrected chi connectivity index (χ2v) is 9.10. The summed E-state index contributed by atoms with van der Waals surface area (Å²) >= 11 is 0. The minimum atomic E-state index is -3.07. The summed E-state index contributed by atoms with van der Waals surface area (Å²) in [5.74, 6) is -2.17. The molecule has 0 radical (unpaired) electrons. The first kappa shape index (κ1) is 15.1. The number of hydrogen-bond acceptors (Lipinski definition) is 1. The smallest absolute Gasteiger partial charge is 0.292 e. The Labute approximate surface area is 132 Å². The Balaban J connectivity index is 1.68. The molecule has 0 spiro atoms. The van der Waals surface area contributed by atoms with Crippen LogP contribution in [0.4, 0.5) is 8.78 Å². The van der Waals surface area contributed by atoms with Crippen LogP contribution in [0.15, 0.2) is 0 Å². The second-order valence-electron chi connectivity index (χ2n) is 9.10. The van der Waals surface area contributed by atoms with Crippen molar-refractivity contribution in [1.29, 1.82) is 0 Å². The number of hydrogen-bond donors (Lipinski definition) is 0. The molecule has 4 saturated carbocycles. The summed E-state index contributed by atoms with van der Waals surface area (Å²) in [4.78, 5) is 12.3. The van der Waals surface area contributed by atoms with Gasteiger partial charge in [-0.1, -0.05) is 26.7 Å². The standard InChI is InChI=1S/C19H28F2O/c1-17-9-4-3-5-12(17)6-7-13-14(17)8-10-18(2)15(13)11-19(20,21)16(18)22/h12-15H,3-11H2,1-2H3/t12-,13-,14+,15+,17+,18+/m1/s1. The average Bonchev–Trinajstić information content (AvgIpc) is 2.66. The van der Waals surface area contributed by atoms with Gasteiger partial charge in [0.2, 0.25) is 5.78 Å². The number of halogens is 2. The first-order chi connectivity index (χ1) is 10.3. The topological polar surface area (TPSA) is 17.1 Å². The van der Waals surface area contributed by atoms with Crippen molar-refractivity contribution >= 4 is 5.78 Å². The third-order valence-corrected chi connectivity index (χ3v) is 8.30. The first-order valence-corrected chi connectivity index (χ1v) is 9.22. The van der Waals surface area contributed by atoms with Crippen LogP contribution in [0.25, 0.3) is 0 Å². The summed E-state index contributed by atoms with van der Waals surface area (Å²) in [7, 11) is 0. The highest BCUT2D eigenvalue weighted by molar-refractivity contribution is 5.93. The summed E-state index contributed by atoms with van der Waals surface area (Å²) in [6.07, 6.45) is 9.02. The summed E-state index contributed by atoms with van der Waals surface area (Å²) < 4.78 is 28.2. The number of carbonyl (C=O) groups is 1. The molecule has 124 valence electrons. The van der Waals surface area contributed by atoms with Gasteiger partial charge in [-0.15, -0.1) is 0 Å². The van der Waals surface area contributed by atoms with Crippen molar-refractivity contribution in [1.82, 2.24) is 0 Å². The molecule has 0 aromatic heterocycles. The molecule has 4 rings (SSSR count). The minimum Gasteiger partial charge on any atom is -0.292 e. The number of alkyl halides is 2. The third kappa shape index (κ3) is 1.77. The summed E-state index contributed by atoms with van der Waals surface area (Å²) in [5.41, 5.74) is -0.397. The van der Waals surface area contributed by atoms with Gasteiger partial charge >= 0.3 is 5.92 Å². The molecule has 22 heavy (non-hydrogen) atoms. The Morgan fingerprint density at radius 3 is 2.50 bits per heavy atom. The van der Waals surface area contributed by atoms with Crippen molar-refractivity contribution < 1.29 is 13.6 Å². The van der Waals surface area contributed by atoms with Gasteiger partial charge in [0, 0.05) is 11.8 Å². The van der Waals surface area contributed by atoms with Gasteiger partial charge < -0.3 is 0 Å². The highest BCUT2D eigenvalue weighted by Gasteiger charge is 2.67. The van der Waals surface area contributed by atoms with Crippen LogP contribution >= 0.6 is 0 Å². The van der Waals surface area contributed by atoms with E-state index in [4.69, 9.17) is 0 Å². The fourth-order valence-corrected chi connectivity index (χ4v) is 7.06. The van der Waals surface area contributed by atoms with Gasteiger partial charge in [0.15, 0.2) is 0 Å². The SMILES string of the molecule is C[C@]12CCCC[C@@H]1CC[C@@H]1[C@@H]2CC[C@]2(C)C(=O)C(F)(F)C[C@@H]12. The van der Waals surface area contributed by atoms with E-state index in [1.807, 2.05) is 6.92 Å². The first-order valence-electron chi connectivity index (χ1n) is 9.22. The molecule has 0 aromatic carbocycles. The summed E-state index contributed by atoms with van der Waals surface area (Å²) in [6, 6.07) is 0. The van der Waals surface area contributed by atoms with Gasteiger partial charge in [0.25, 0.3) is 0 Å². The zero-order chi connectivity index (χ0) is 15.8. The van der Waals surface area contributed by atoms with Crippen LogP contribution in [0.2, 0.25) is 0 Å². The lowest BCUT2D eigenvalue weighted by molar-refractivity contribution is -0.149. The zero-order valence-electron chi connectivity index (χ0n) is 13.8. The van der Waals surface area contributed by atoms with Crippen molar-refractivity contribution in [2.75, 3.05) is 0 Å². The Bertz CT molecular complexity index is 502. The van der Waals surface area contributed by atoms with Gasteiger partial charge in [-0.3, -0.25) is 4.79 Å². The number of carbonyl (C=O) groups excluding carboxylic acids is 1. The molecule has 0 amide bonds. The lowest BCUT2D eigenvalue weighted by atomic mass is 9.45. The largest absolute Gasteiger partial charge is 0.306 e. The highest BCUT2D eigenvalue weighted by atomic mass is 19.3. The molecule has 0 heterocycles. The minimum absolute atomic E-state index is 0.0755. The Morgan fingerprint density at radius 2 is 1.73 bits per heavy atom. The Hall–Kier alpha value is -0.470. The third-order valence-electron chi connectivity index (χ3n) is 8.30. The molecular formula is C19H28F2O. The molecule has 3 heteroatoms. The van der Waals surface area contributed by atoms with Crippen LogP contribution in [0.1, 0.15) is 71.6 Å². The van der Waals surface area contributed by atoms with E-state index in [1.165, 1.54) is 32.1 Å². The maximum atomic E-state index is 14.1. The van der Waals surface area contributed by atoms with Gasteiger partial charge in [-0.25, -0.2) is 0 Å². The zero-order valence-corrected chi connectivity index (χ0v) is 13.8. The molecule has 0 unspecified atom stereocenters. The van der Waals surface area contributed by atoms with Crippen molar-refractivity contribution in [2.24, 2.45) is 34.5 Å². The molecule has 0 aliphatic heterocycles. The summed E-state index contributed by atoms with van der Waals surface area (Å²) in [6.45, 7) is 4.28. The monoisotopic (exact) mass is 310 g/mol. The maximum Gasteiger partial charge on any atom is 0.306 e. The van der Waals surface area contributed by atoms with E-state index in [0.29, 0.717) is 23.7 Å². The average molecular weight is 310 g/mol. The predicted octanol–water partition coefficient (Wildman–Crippen LogP) is 5.23. The highest BCUT2D eigenvalue weighted by Crippen LogP contribution is 2.67. The van der Waals surface area contributed by atoms with E-state index in [-0.39, 0.29) is 12.3 Å². The molecule has 0 aromatic rings. The number of rotatable bonds is 0. The fraction of sp³-hybridized carbons (Fsp3) is 0.947. The lowest BCUT2D eigenvalue weighted by Crippen LogP contribution is -2.52. The van der Waals surface area contributed by atoms with Gasteiger partial charge in [0.1, 0.15) is 0 Å². The number of Topliss-reactive ketones (excluding diaryl/α,β-unsaturated/α-hetero) is 1. The predicted molar refractivity (Wildman–Crippen MR) is 81.7 cm³/mol.